The van der Waals surface area contributed by atoms with E-state index in [1.807, 2.05) is 0 Å². The van der Waals surface area contributed by atoms with Crippen LogP contribution in [0.15, 0.2) is 18.2 Å². The van der Waals surface area contributed by atoms with Gasteiger partial charge in [0.25, 0.3) is 0 Å². The Bertz CT molecular complexity index is 547. The van der Waals surface area contributed by atoms with Crippen LogP contribution in [-0.2, 0) is 0 Å². The maximum Gasteiger partial charge on any atom is 0.138 e. The highest BCUT2D eigenvalue weighted by Gasteiger charge is 2.20. The number of aliphatic hydroxyl groups excluding tert-OH is 3. The molecule has 2 rings (SSSR count). The van der Waals surface area contributed by atoms with Gasteiger partial charge in [0.15, 0.2) is 0 Å². The van der Waals surface area contributed by atoms with E-state index in [4.69, 9.17) is 5.73 Å². The first-order valence-corrected chi connectivity index (χ1v) is 5.75. The van der Waals surface area contributed by atoms with Gasteiger partial charge < -0.3 is 25.6 Å². The Hall–Kier alpha value is -1.63. The zero-order chi connectivity index (χ0) is 13.3. The van der Waals surface area contributed by atoms with Crippen LogP contribution >= 0.6 is 0 Å². The molecular formula is C12H17N3O3. The number of nitrogens with zero attached hydrogens (tertiary/aromatic N) is 2. The molecule has 0 bridgehead atoms. The summed E-state index contributed by atoms with van der Waals surface area (Å²) >= 11 is 0. The minimum absolute atomic E-state index is 0.230. The molecule has 98 valence electrons. The first kappa shape index (κ1) is 12.8. The number of imidazole rings is 1. The van der Waals surface area contributed by atoms with Crippen molar-refractivity contribution in [3.8, 4) is 0 Å². The van der Waals surface area contributed by atoms with E-state index in [-0.39, 0.29) is 13.2 Å². The van der Waals surface area contributed by atoms with Gasteiger partial charge in [-0.15, -0.1) is 0 Å². The van der Waals surface area contributed by atoms with Crippen LogP contribution in [0.2, 0.25) is 0 Å². The fourth-order valence-electron chi connectivity index (χ4n) is 2.03. The van der Waals surface area contributed by atoms with Crippen LogP contribution in [0.4, 0.5) is 5.69 Å². The van der Waals surface area contributed by atoms with Crippen molar-refractivity contribution in [3.63, 3.8) is 0 Å². The van der Waals surface area contributed by atoms with Gasteiger partial charge >= 0.3 is 0 Å². The molecule has 18 heavy (non-hydrogen) atoms. The van der Waals surface area contributed by atoms with Gasteiger partial charge in [0, 0.05) is 5.69 Å². The molecule has 0 aliphatic heterocycles. The Morgan fingerprint density at radius 2 is 2.00 bits per heavy atom. The lowest BCUT2D eigenvalue weighted by molar-refractivity contribution is 0.138. The van der Waals surface area contributed by atoms with E-state index in [1.165, 1.54) is 0 Å². The number of hydrogen-bond donors (Lipinski definition) is 4. The molecule has 1 aromatic heterocycles. The number of aliphatic hydroxyl groups is 3. The molecule has 0 amide bonds. The van der Waals surface area contributed by atoms with Crippen LogP contribution in [0.25, 0.3) is 11.0 Å². The fourth-order valence-corrected chi connectivity index (χ4v) is 2.03. The number of aromatic nitrogens is 2. The lowest BCUT2D eigenvalue weighted by Crippen LogP contribution is -2.20. The number of nitrogens with two attached hydrogens (primary N) is 1. The normalized spacial score (nSPS) is 13.4. The third-order valence-corrected chi connectivity index (χ3v) is 2.90. The Kier molecular flexibility index (Phi) is 3.51. The Morgan fingerprint density at radius 1 is 1.33 bits per heavy atom. The average molecular weight is 251 g/mol. The third-order valence-electron chi connectivity index (χ3n) is 2.90. The van der Waals surface area contributed by atoms with E-state index in [2.05, 4.69) is 4.98 Å². The van der Waals surface area contributed by atoms with Gasteiger partial charge in [-0.3, -0.25) is 0 Å². The molecule has 1 atom stereocenters. The molecule has 1 unspecified atom stereocenters. The second kappa shape index (κ2) is 4.93. The molecule has 0 saturated carbocycles. The van der Waals surface area contributed by atoms with Gasteiger partial charge in [-0.25, -0.2) is 4.98 Å². The highest BCUT2D eigenvalue weighted by molar-refractivity contribution is 5.80. The number of benzene rings is 1. The van der Waals surface area contributed by atoms with Crippen molar-refractivity contribution in [1.29, 1.82) is 0 Å². The largest absolute Gasteiger partial charge is 0.399 e. The molecule has 1 heterocycles. The lowest BCUT2D eigenvalue weighted by Gasteiger charge is -2.18. The number of anilines is 1. The first-order valence-electron chi connectivity index (χ1n) is 5.75. The first-order chi connectivity index (χ1) is 8.58. The van der Waals surface area contributed by atoms with Crippen molar-refractivity contribution in [2.75, 3.05) is 18.9 Å². The number of hydrogen-bond acceptors (Lipinski definition) is 5. The number of nitrogen functional groups attached to an aromatic ring is 1. The molecule has 2 aromatic rings. The van der Waals surface area contributed by atoms with Gasteiger partial charge in [-0.05, 0) is 25.1 Å². The smallest absolute Gasteiger partial charge is 0.138 e. The molecule has 5 N–H and O–H groups in total. The minimum Gasteiger partial charge on any atom is -0.399 e. The average Bonchev–Trinajstić information content (AvgIpc) is 2.70. The summed E-state index contributed by atoms with van der Waals surface area (Å²) in [5.74, 6) is 0.406. The fraction of sp³-hybridized carbons (Fsp3) is 0.417. The quantitative estimate of drug-likeness (QED) is 0.581. The van der Waals surface area contributed by atoms with Gasteiger partial charge in [-0.1, -0.05) is 0 Å². The van der Waals surface area contributed by atoms with E-state index >= 15 is 0 Å². The summed E-state index contributed by atoms with van der Waals surface area (Å²) in [7, 11) is 0. The molecule has 0 radical (unpaired) electrons. The van der Waals surface area contributed by atoms with Crippen molar-refractivity contribution in [2.45, 2.75) is 19.1 Å². The summed E-state index contributed by atoms with van der Waals surface area (Å²) in [5, 5.41) is 28.3. The molecule has 6 heteroatoms. The SMILES string of the molecule is CC(O)c1nc2cc(N)ccc2n1C(CO)CO. The summed E-state index contributed by atoms with van der Waals surface area (Å²) in [6.07, 6.45) is -0.792. The van der Waals surface area contributed by atoms with Crippen molar-refractivity contribution >= 4 is 16.7 Å². The van der Waals surface area contributed by atoms with Crippen molar-refractivity contribution in [3.05, 3.63) is 24.0 Å². The standard InChI is InChI=1S/C12H17N3O3/c1-7(18)12-14-10-4-8(13)2-3-11(10)15(12)9(5-16)6-17/h2-4,7,9,16-18H,5-6,13H2,1H3. The van der Waals surface area contributed by atoms with E-state index < -0.39 is 12.1 Å². The molecule has 0 aliphatic rings. The predicted molar refractivity (Wildman–Crippen MR) is 68.0 cm³/mol. The summed E-state index contributed by atoms with van der Waals surface area (Å²) in [6, 6.07) is 4.66. The van der Waals surface area contributed by atoms with Crippen LogP contribution in [0, 0.1) is 0 Å². The van der Waals surface area contributed by atoms with Gasteiger partial charge in [0.2, 0.25) is 0 Å². The Morgan fingerprint density at radius 3 is 2.56 bits per heavy atom. The van der Waals surface area contributed by atoms with E-state index in [0.29, 0.717) is 17.0 Å². The van der Waals surface area contributed by atoms with Crippen LogP contribution < -0.4 is 5.73 Å². The second-order valence-corrected chi connectivity index (χ2v) is 4.28. The summed E-state index contributed by atoms with van der Waals surface area (Å²) in [6.45, 7) is 1.13. The third kappa shape index (κ3) is 2.05. The van der Waals surface area contributed by atoms with Crippen molar-refractivity contribution in [1.82, 2.24) is 9.55 Å². The molecule has 0 spiro atoms. The second-order valence-electron chi connectivity index (χ2n) is 4.28. The van der Waals surface area contributed by atoms with Crippen LogP contribution in [-0.4, -0.2) is 38.1 Å². The van der Waals surface area contributed by atoms with Crippen molar-refractivity contribution < 1.29 is 15.3 Å². The van der Waals surface area contributed by atoms with Gasteiger partial charge in [0.05, 0.1) is 30.3 Å². The minimum atomic E-state index is -0.792. The van der Waals surface area contributed by atoms with Gasteiger partial charge in [-0.2, -0.15) is 0 Å². The Labute approximate surface area is 104 Å². The molecular weight excluding hydrogens is 234 g/mol. The van der Waals surface area contributed by atoms with Crippen LogP contribution in [0.5, 0.6) is 0 Å². The topological polar surface area (TPSA) is 105 Å². The maximum atomic E-state index is 9.74. The molecule has 0 aliphatic carbocycles. The lowest BCUT2D eigenvalue weighted by atomic mass is 10.2. The molecule has 0 saturated heterocycles. The summed E-state index contributed by atoms with van der Waals surface area (Å²) in [5.41, 5.74) is 7.63. The number of rotatable bonds is 4. The zero-order valence-corrected chi connectivity index (χ0v) is 10.1. The van der Waals surface area contributed by atoms with Crippen molar-refractivity contribution in [2.24, 2.45) is 0 Å². The van der Waals surface area contributed by atoms with E-state index in [0.717, 1.165) is 5.52 Å². The van der Waals surface area contributed by atoms with E-state index in [9.17, 15) is 15.3 Å². The maximum absolute atomic E-state index is 9.74. The monoisotopic (exact) mass is 251 g/mol. The van der Waals surface area contributed by atoms with Crippen LogP contribution in [0.1, 0.15) is 24.9 Å². The van der Waals surface area contributed by atoms with Crippen LogP contribution in [0.3, 0.4) is 0 Å². The van der Waals surface area contributed by atoms with Gasteiger partial charge in [0.1, 0.15) is 11.9 Å². The summed E-state index contributed by atoms with van der Waals surface area (Å²) < 4.78 is 1.65. The highest BCUT2D eigenvalue weighted by atomic mass is 16.3. The number of fused-ring (bicyclic) bond motifs is 1. The molecule has 6 nitrogen and oxygen atoms in total. The molecule has 0 fully saturated rings. The Balaban J connectivity index is 2.69. The predicted octanol–water partition coefficient (Wildman–Crippen LogP) is 0.198. The zero-order valence-electron chi connectivity index (χ0n) is 10.1. The highest BCUT2D eigenvalue weighted by Crippen LogP contribution is 2.26. The summed E-state index contributed by atoms with van der Waals surface area (Å²) in [4.78, 5) is 4.30. The molecule has 1 aromatic carbocycles. The van der Waals surface area contributed by atoms with E-state index in [1.54, 1.807) is 29.7 Å².